The molecule has 0 unspecified atom stereocenters. The van der Waals surface area contributed by atoms with Crippen LogP contribution in [0, 0.1) is 0 Å². The van der Waals surface area contributed by atoms with E-state index in [2.05, 4.69) is 9.97 Å². The van der Waals surface area contributed by atoms with Gasteiger partial charge in [0.15, 0.2) is 0 Å². The Balaban J connectivity index is 2.19. The highest BCUT2D eigenvalue weighted by molar-refractivity contribution is 5.78. The van der Waals surface area contributed by atoms with Gasteiger partial charge in [0, 0.05) is 24.6 Å². The van der Waals surface area contributed by atoms with Gasteiger partial charge in [0.25, 0.3) is 0 Å². The number of nitrogen functional groups attached to an aromatic ring is 1. The molecule has 1 heterocycles. The second-order valence-electron chi connectivity index (χ2n) is 4.11. The van der Waals surface area contributed by atoms with Gasteiger partial charge in [-0.1, -0.05) is 12.1 Å². The molecule has 2 rings (SSSR count). The molecule has 98 valence electrons. The van der Waals surface area contributed by atoms with E-state index in [0.717, 1.165) is 5.56 Å². The van der Waals surface area contributed by atoms with Gasteiger partial charge in [0.2, 0.25) is 11.9 Å². The molecule has 0 bridgehead atoms. The van der Waals surface area contributed by atoms with E-state index in [1.165, 1.54) is 0 Å². The van der Waals surface area contributed by atoms with E-state index in [1.807, 2.05) is 24.3 Å². The van der Waals surface area contributed by atoms with Gasteiger partial charge in [-0.2, -0.15) is 0 Å². The highest BCUT2D eigenvalue weighted by Gasteiger charge is 2.12. The molecule has 0 atom stereocenters. The fourth-order valence-corrected chi connectivity index (χ4v) is 1.68. The van der Waals surface area contributed by atoms with Gasteiger partial charge in [0.1, 0.15) is 0 Å². The Hall–Kier alpha value is -2.63. The first-order valence-corrected chi connectivity index (χ1v) is 5.80. The molecular weight excluding hydrogens is 242 g/mol. The van der Waals surface area contributed by atoms with Crippen LogP contribution in [0.1, 0.15) is 5.56 Å². The van der Waals surface area contributed by atoms with Gasteiger partial charge in [-0.15, -0.1) is 0 Å². The second-order valence-corrected chi connectivity index (χ2v) is 4.11. The molecule has 4 N–H and O–H groups in total. The third-order valence-corrected chi connectivity index (χ3v) is 2.53. The first-order chi connectivity index (χ1) is 9.15. The predicted octanol–water partition coefficient (Wildman–Crippen LogP) is 0.551. The molecule has 1 aromatic heterocycles. The summed E-state index contributed by atoms with van der Waals surface area (Å²) in [7, 11) is 0. The van der Waals surface area contributed by atoms with Crippen LogP contribution in [0.5, 0.6) is 0 Å². The van der Waals surface area contributed by atoms with E-state index in [9.17, 15) is 4.79 Å². The molecule has 0 saturated heterocycles. The van der Waals surface area contributed by atoms with Crippen LogP contribution in [0.2, 0.25) is 0 Å². The van der Waals surface area contributed by atoms with E-state index >= 15 is 0 Å². The number of amides is 1. The Labute approximate surface area is 111 Å². The smallest absolute Gasteiger partial charge is 0.237 e. The number of hydrogen-bond acceptors (Lipinski definition) is 5. The molecule has 19 heavy (non-hydrogen) atoms. The third-order valence-electron chi connectivity index (χ3n) is 2.53. The number of rotatable bonds is 5. The summed E-state index contributed by atoms with van der Waals surface area (Å²) in [5, 5.41) is 0. The molecule has 6 nitrogen and oxygen atoms in total. The topological polar surface area (TPSA) is 98.1 Å². The van der Waals surface area contributed by atoms with Crippen LogP contribution >= 0.6 is 0 Å². The van der Waals surface area contributed by atoms with Crippen molar-refractivity contribution < 1.29 is 4.79 Å². The number of carbonyl (C=O) groups excluding carboxylic acids is 1. The van der Waals surface area contributed by atoms with Crippen LogP contribution in [0.4, 0.5) is 11.6 Å². The largest absolute Gasteiger partial charge is 0.399 e. The van der Waals surface area contributed by atoms with E-state index in [0.29, 0.717) is 18.2 Å². The summed E-state index contributed by atoms with van der Waals surface area (Å²) in [6, 6.07) is 9.13. The zero-order chi connectivity index (χ0) is 13.7. The zero-order valence-electron chi connectivity index (χ0n) is 10.4. The summed E-state index contributed by atoms with van der Waals surface area (Å²) in [4.78, 5) is 21.1. The third kappa shape index (κ3) is 3.67. The summed E-state index contributed by atoms with van der Waals surface area (Å²) in [6.45, 7) is 0.557. The Morgan fingerprint density at radius 3 is 2.37 bits per heavy atom. The Kier molecular flexibility index (Phi) is 3.92. The van der Waals surface area contributed by atoms with Crippen LogP contribution < -0.4 is 16.4 Å². The molecule has 0 aliphatic carbocycles. The van der Waals surface area contributed by atoms with Gasteiger partial charge < -0.3 is 16.4 Å². The number of primary amides is 1. The first-order valence-electron chi connectivity index (χ1n) is 5.80. The van der Waals surface area contributed by atoms with Gasteiger partial charge in [-0.25, -0.2) is 9.97 Å². The minimum atomic E-state index is -0.428. The normalized spacial score (nSPS) is 10.1. The number of nitrogens with two attached hydrogens (primary N) is 2. The van der Waals surface area contributed by atoms with Gasteiger partial charge in [0.05, 0.1) is 6.54 Å². The van der Waals surface area contributed by atoms with Crippen molar-refractivity contribution in [1.82, 2.24) is 9.97 Å². The average Bonchev–Trinajstić information content (AvgIpc) is 2.41. The number of anilines is 2. The van der Waals surface area contributed by atoms with Crippen molar-refractivity contribution in [2.75, 3.05) is 17.2 Å². The SMILES string of the molecule is NC(=O)CN(Cc1ccc(N)cc1)c1ncccn1. The lowest BCUT2D eigenvalue weighted by molar-refractivity contribution is -0.116. The summed E-state index contributed by atoms with van der Waals surface area (Å²) in [5.74, 6) is 0.0426. The molecule has 6 heteroatoms. The minimum absolute atomic E-state index is 0.0639. The predicted molar refractivity (Wildman–Crippen MR) is 73.1 cm³/mol. The quantitative estimate of drug-likeness (QED) is 0.762. The van der Waals surface area contributed by atoms with Gasteiger partial charge in [-0.05, 0) is 23.8 Å². The lowest BCUT2D eigenvalue weighted by Crippen LogP contribution is -2.34. The summed E-state index contributed by atoms with van der Waals surface area (Å²) >= 11 is 0. The van der Waals surface area contributed by atoms with Crippen molar-refractivity contribution >= 4 is 17.5 Å². The molecule has 0 saturated carbocycles. The lowest BCUT2D eigenvalue weighted by atomic mass is 10.2. The summed E-state index contributed by atoms with van der Waals surface area (Å²) in [6.07, 6.45) is 3.25. The summed E-state index contributed by atoms with van der Waals surface area (Å²) in [5.41, 5.74) is 12.6. The van der Waals surface area contributed by atoms with Crippen LogP contribution in [-0.4, -0.2) is 22.4 Å². The Morgan fingerprint density at radius 2 is 1.79 bits per heavy atom. The van der Waals surface area contributed by atoms with Crippen molar-refractivity contribution in [3.05, 3.63) is 48.3 Å². The standard InChI is InChI=1S/C13H15N5O/c14-11-4-2-10(3-5-11)8-18(9-12(15)19)13-16-6-1-7-17-13/h1-7H,8-9,14H2,(H2,15,19). The maximum absolute atomic E-state index is 11.1. The van der Waals surface area contributed by atoms with Crippen molar-refractivity contribution in [3.63, 3.8) is 0 Å². The minimum Gasteiger partial charge on any atom is -0.399 e. The molecular formula is C13H15N5O. The number of hydrogen-bond donors (Lipinski definition) is 2. The van der Waals surface area contributed by atoms with Gasteiger partial charge >= 0.3 is 0 Å². The highest BCUT2D eigenvalue weighted by atomic mass is 16.1. The first kappa shape index (κ1) is 12.8. The fourth-order valence-electron chi connectivity index (χ4n) is 1.68. The summed E-state index contributed by atoms with van der Waals surface area (Å²) < 4.78 is 0. The number of aromatic nitrogens is 2. The van der Waals surface area contributed by atoms with Crippen molar-refractivity contribution in [3.8, 4) is 0 Å². The van der Waals surface area contributed by atoms with Crippen LogP contribution in [0.15, 0.2) is 42.7 Å². The van der Waals surface area contributed by atoms with E-state index < -0.39 is 5.91 Å². The molecule has 0 spiro atoms. The van der Waals surface area contributed by atoms with Gasteiger partial charge in [-0.3, -0.25) is 4.79 Å². The van der Waals surface area contributed by atoms with Crippen LogP contribution in [-0.2, 0) is 11.3 Å². The molecule has 0 radical (unpaired) electrons. The maximum Gasteiger partial charge on any atom is 0.237 e. The molecule has 0 aliphatic rings. The number of nitrogens with zero attached hydrogens (tertiary/aromatic N) is 3. The van der Waals surface area contributed by atoms with Crippen molar-refractivity contribution in [1.29, 1.82) is 0 Å². The van der Waals surface area contributed by atoms with Crippen LogP contribution in [0.3, 0.4) is 0 Å². The van der Waals surface area contributed by atoms with Crippen molar-refractivity contribution in [2.24, 2.45) is 5.73 Å². The lowest BCUT2D eigenvalue weighted by Gasteiger charge is -2.20. The monoisotopic (exact) mass is 257 g/mol. The molecule has 0 aliphatic heterocycles. The molecule has 1 amide bonds. The van der Waals surface area contributed by atoms with Crippen LogP contribution in [0.25, 0.3) is 0 Å². The second kappa shape index (κ2) is 5.81. The Bertz CT molecular complexity index is 541. The number of carbonyl (C=O) groups is 1. The van der Waals surface area contributed by atoms with E-state index in [-0.39, 0.29) is 6.54 Å². The van der Waals surface area contributed by atoms with E-state index in [4.69, 9.17) is 11.5 Å². The molecule has 0 fully saturated rings. The maximum atomic E-state index is 11.1. The van der Waals surface area contributed by atoms with E-state index in [1.54, 1.807) is 23.4 Å². The molecule has 2 aromatic rings. The average molecular weight is 257 g/mol. The highest BCUT2D eigenvalue weighted by Crippen LogP contribution is 2.12. The van der Waals surface area contributed by atoms with Crippen molar-refractivity contribution in [2.45, 2.75) is 6.54 Å². The Morgan fingerprint density at radius 1 is 1.16 bits per heavy atom. The number of benzene rings is 1. The fraction of sp³-hybridized carbons (Fsp3) is 0.154. The zero-order valence-corrected chi connectivity index (χ0v) is 10.4. The molecule has 1 aromatic carbocycles.